The van der Waals surface area contributed by atoms with Crippen LogP contribution < -0.4 is 10.5 Å². The molecule has 2 aliphatic heterocycles. The van der Waals surface area contributed by atoms with E-state index in [0.717, 1.165) is 0 Å². The average Bonchev–Trinajstić information content (AvgIpc) is 3.29. The SMILES string of the molecule is CCOC(=O)ON1CCC2(CCn3c(nc(-c4ccncn4)cc3=O)N2CC(=O)c2ccccc2)C1. The Morgan fingerprint density at radius 1 is 1.08 bits per heavy atom. The van der Waals surface area contributed by atoms with Crippen molar-refractivity contribution >= 4 is 17.9 Å². The van der Waals surface area contributed by atoms with Gasteiger partial charge in [-0.25, -0.2) is 19.7 Å². The molecule has 0 bridgehead atoms. The predicted octanol–water partition coefficient (Wildman–Crippen LogP) is 2.33. The van der Waals surface area contributed by atoms with Crippen LogP contribution >= 0.6 is 0 Å². The maximum atomic E-state index is 13.4. The summed E-state index contributed by atoms with van der Waals surface area (Å²) in [6, 6.07) is 12.1. The summed E-state index contributed by atoms with van der Waals surface area (Å²) in [6.07, 6.45) is 3.41. The lowest BCUT2D eigenvalue weighted by Gasteiger charge is -2.45. The number of hydroxylamine groups is 2. The van der Waals surface area contributed by atoms with Crippen molar-refractivity contribution in [3.63, 3.8) is 0 Å². The largest absolute Gasteiger partial charge is 0.527 e. The first-order chi connectivity index (χ1) is 17.5. The highest BCUT2D eigenvalue weighted by atomic mass is 16.8. The number of anilines is 1. The Balaban J connectivity index is 1.54. The first-order valence-corrected chi connectivity index (χ1v) is 11.8. The van der Waals surface area contributed by atoms with Crippen LogP contribution in [0.4, 0.5) is 10.7 Å². The standard InChI is InChI=1S/C25H26N6O5/c1-2-35-24(34)36-29-12-9-25(16-29)10-13-30-22(33)14-20(19-8-11-26-17-27-19)28-23(30)31(25)15-21(32)18-6-4-3-5-7-18/h3-8,11,14,17H,2,9-10,12-13,15-16H2,1H3. The van der Waals surface area contributed by atoms with Crippen LogP contribution in [0, 0.1) is 0 Å². The molecule has 11 heteroatoms. The van der Waals surface area contributed by atoms with E-state index in [4.69, 9.17) is 14.6 Å². The first kappa shape index (κ1) is 23.6. The zero-order valence-corrected chi connectivity index (χ0v) is 19.9. The lowest BCUT2D eigenvalue weighted by atomic mass is 9.89. The summed E-state index contributed by atoms with van der Waals surface area (Å²) >= 11 is 0. The number of hydrogen-bond donors (Lipinski definition) is 0. The first-order valence-electron chi connectivity index (χ1n) is 11.8. The molecular formula is C25H26N6O5. The fourth-order valence-corrected chi connectivity index (χ4v) is 4.82. The summed E-state index contributed by atoms with van der Waals surface area (Å²) in [6.45, 7) is 3.17. The fraction of sp³-hybridized carbons (Fsp3) is 0.360. The van der Waals surface area contributed by atoms with Gasteiger partial charge in [-0.3, -0.25) is 14.2 Å². The number of rotatable bonds is 6. The van der Waals surface area contributed by atoms with Gasteiger partial charge >= 0.3 is 6.16 Å². The van der Waals surface area contributed by atoms with Crippen LogP contribution in [0.1, 0.15) is 30.1 Å². The van der Waals surface area contributed by atoms with Crippen LogP contribution in [-0.2, 0) is 16.1 Å². The number of carbonyl (C=O) groups is 2. The maximum Gasteiger partial charge on any atom is 0.527 e. The quantitative estimate of drug-likeness (QED) is 0.376. The number of hydrogen-bond acceptors (Lipinski definition) is 10. The number of ether oxygens (including phenoxy) is 1. The Kier molecular flexibility index (Phi) is 6.47. The van der Waals surface area contributed by atoms with Crippen LogP contribution in [0.25, 0.3) is 11.4 Å². The number of aromatic nitrogens is 4. The molecule has 5 rings (SSSR count). The van der Waals surface area contributed by atoms with Crippen LogP contribution in [0.2, 0.25) is 0 Å². The summed E-state index contributed by atoms with van der Waals surface area (Å²) in [5.74, 6) is 0.291. The van der Waals surface area contributed by atoms with E-state index < -0.39 is 11.7 Å². The summed E-state index contributed by atoms with van der Waals surface area (Å²) in [4.78, 5) is 58.7. The molecule has 11 nitrogen and oxygen atoms in total. The molecule has 0 aliphatic carbocycles. The van der Waals surface area contributed by atoms with Crippen LogP contribution in [0.3, 0.4) is 0 Å². The number of nitrogens with zero attached hydrogens (tertiary/aromatic N) is 6. The van der Waals surface area contributed by atoms with E-state index in [-0.39, 0.29) is 24.5 Å². The third-order valence-corrected chi connectivity index (χ3v) is 6.61. The van der Waals surface area contributed by atoms with Gasteiger partial charge in [-0.15, -0.1) is 5.06 Å². The highest BCUT2D eigenvalue weighted by Gasteiger charge is 2.49. The van der Waals surface area contributed by atoms with Crippen molar-refractivity contribution in [2.24, 2.45) is 0 Å². The molecule has 186 valence electrons. The Morgan fingerprint density at radius 3 is 2.64 bits per heavy atom. The van der Waals surface area contributed by atoms with Gasteiger partial charge in [-0.1, -0.05) is 30.3 Å². The van der Waals surface area contributed by atoms with Gasteiger partial charge in [0.25, 0.3) is 5.56 Å². The minimum absolute atomic E-state index is 0.0108. The van der Waals surface area contributed by atoms with Crippen LogP contribution in [0.15, 0.2) is 59.8 Å². The number of carbonyl (C=O) groups excluding carboxylic acids is 2. The third-order valence-electron chi connectivity index (χ3n) is 6.61. The average molecular weight is 491 g/mol. The van der Waals surface area contributed by atoms with E-state index in [2.05, 4.69) is 9.97 Å². The molecule has 2 aliphatic rings. The number of benzene rings is 1. The van der Waals surface area contributed by atoms with Gasteiger partial charge in [-0.2, -0.15) is 0 Å². The molecule has 0 saturated carbocycles. The van der Waals surface area contributed by atoms with Crippen molar-refractivity contribution < 1.29 is 19.2 Å². The van der Waals surface area contributed by atoms with Gasteiger partial charge < -0.3 is 14.5 Å². The highest BCUT2D eigenvalue weighted by molar-refractivity contribution is 5.99. The van der Waals surface area contributed by atoms with Crippen molar-refractivity contribution in [2.45, 2.75) is 31.8 Å². The zero-order chi connectivity index (χ0) is 25.1. The molecule has 3 aromatic rings. The topological polar surface area (TPSA) is 120 Å². The lowest BCUT2D eigenvalue weighted by Crippen LogP contribution is -2.58. The van der Waals surface area contributed by atoms with E-state index in [1.54, 1.807) is 40.9 Å². The van der Waals surface area contributed by atoms with Crippen LogP contribution in [0.5, 0.6) is 0 Å². The smallest absolute Gasteiger partial charge is 0.433 e. The molecule has 0 radical (unpaired) electrons. The zero-order valence-electron chi connectivity index (χ0n) is 19.9. The molecule has 1 saturated heterocycles. The van der Waals surface area contributed by atoms with Crippen molar-refractivity contribution in [1.29, 1.82) is 0 Å². The van der Waals surface area contributed by atoms with Gasteiger partial charge in [0.05, 0.1) is 36.6 Å². The molecule has 4 heterocycles. The number of Topliss-reactive ketones (excluding diaryl/α,β-unsaturated/α-hetero) is 1. The van der Waals surface area contributed by atoms with E-state index in [0.29, 0.717) is 55.4 Å². The molecule has 0 amide bonds. The van der Waals surface area contributed by atoms with E-state index >= 15 is 0 Å². The normalized spacial score (nSPS) is 19.2. The summed E-state index contributed by atoms with van der Waals surface area (Å²) in [5, 5.41) is 1.56. The lowest BCUT2D eigenvalue weighted by molar-refractivity contribution is -0.115. The van der Waals surface area contributed by atoms with Crippen molar-refractivity contribution in [3.8, 4) is 11.4 Å². The van der Waals surface area contributed by atoms with Crippen molar-refractivity contribution in [1.82, 2.24) is 24.6 Å². The minimum atomic E-state index is -0.766. The van der Waals surface area contributed by atoms with Gasteiger partial charge in [-0.05, 0) is 25.8 Å². The molecule has 36 heavy (non-hydrogen) atoms. The highest BCUT2D eigenvalue weighted by Crippen LogP contribution is 2.39. The molecular weight excluding hydrogens is 464 g/mol. The molecule has 1 fully saturated rings. The van der Waals surface area contributed by atoms with Gasteiger partial charge in [0.15, 0.2) is 5.78 Å². The predicted molar refractivity (Wildman–Crippen MR) is 129 cm³/mol. The fourth-order valence-electron chi connectivity index (χ4n) is 4.82. The van der Waals surface area contributed by atoms with E-state index in [1.807, 2.05) is 23.1 Å². The summed E-state index contributed by atoms with van der Waals surface area (Å²) in [5.41, 5.74) is 0.689. The Bertz CT molecular complexity index is 1320. The Morgan fingerprint density at radius 2 is 1.89 bits per heavy atom. The van der Waals surface area contributed by atoms with Gasteiger partial charge in [0.1, 0.15) is 6.33 Å². The monoisotopic (exact) mass is 490 g/mol. The maximum absolute atomic E-state index is 13.4. The molecule has 2 aromatic heterocycles. The van der Waals surface area contributed by atoms with Gasteiger partial charge in [0.2, 0.25) is 5.95 Å². The van der Waals surface area contributed by atoms with Crippen molar-refractivity contribution in [3.05, 3.63) is 70.9 Å². The second kappa shape index (κ2) is 9.86. The second-order valence-corrected chi connectivity index (χ2v) is 8.76. The Labute approximate surface area is 207 Å². The molecule has 1 atom stereocenters. The van der Waals surface area contributed by atoms with E-state index in [1.165, 1.54) is 12.4 Å². The molecule has 1 aromatic carbocycles. The third kappa shape index (κ3) is 4.57. The number of ketones is 1. The van der Waals surface area contributed by atoms with Crippen molar-refractivity contribution in [2.75, 3.05) is 31.1 Å². The van der Waals surface area contributed by atoms with E-state index in [9.17, 15) is 14.4 Å². The minimum Gasteiger partial charge on any atom is -0.433 e. The van der Waals surface area contributed by atoms with Crippen LogP contribution in [-0.4, -0.2) is 68.3 Å². The molecule has 0 N–H and O–H groups in total. The summed E-state index contributed by atoms with van der Waals surface area (Å²) < 4.78 is 6.51. The molecule has 1 unspecified atom stereocenters. The summed E-state index contributed by atoms with van der Waals surface area (Å²) in [7, 11) is 0. The Hall–Kier alpha value is -4.12. The molecule has 1 spiro atoms. The number of fused-ring (bicyclic) bond motifs is 1. The van der Waals surface area contributed by atoms with Gasteiger partial charge in [0, 0.05) is 30.9 Å². The second-order valence-electron chi connectivity index (χ2n) is 8.76.